The molecule has 6 heteroatoms. The summed E-state index contributed by atoms with van der Waals surface area (Å²) in [6.45, 7) is 0.709. The number of hydrogen-bond donors (Lipinski definition) is 1. The van der Waals surface area contributed by atoms with Crippen molar-refractivity contribution in [3.8, 4) is 0 Å². The fourth-order valence-corrected chi connectivity index (χ4v) is 4.62. The minimum Gasteiger partial charge on any atom is -0.340 e. The van der Waals surface area contributed by atoms with E-state index >= 15 is 0 Å². The monoisotopic (exact) mass is 356 g/mol. The fraction of sp³-hybridized carbons (Fsp3) is 0.571. The van der Waals surface area contributed by atoms with Crippen LogP contribution >= 0.6 is 27.3 Å². The number of amides is 2. The Kier molecular flexibility index (Phi) is 3.86. The number of carbonyl (C=O) groups excluding carboxylic acids is 2. The Morgan fingerprint density at radius 1 is 1.30 bits per heavy atom. The van der Waals surface area contributed by atoms with Crippen LogP contribution in [0.2, 0.25) is 0 Å². The van der Waals surface area contributed by atoms with Crippen LogP contribution in [0.5, 0.6) is 0 Å². The van der Waals surface area contributed by atoms with Gasteiger partial charge < -0.3 is 10.2 Å². The van der Waals surface area contributed by atoms with Crippen molar-refractivity contribution in [2.75, 3.05) is 6.54 Å². The molecule has 1 spiro atoms. The molecule has 20 heavy (non-hydrogen) atoms. The first-order valence-electron chi connectivity index (χ1n) is 6.92. The van der Waals surface area contributed by atoms with Crippen molar-refractivity contribution in [3.63, 3.8) is 0 Å². The van der Waals surface area contributed by atoms with Crippen LogP contribution in [0, 0.1) is 0 Å². The van der Waals surface area contributed by atoms with Gasteiger partial charge in [0.05, 0.1) is 6.54 Å². The lowest BCUT2D eigenvalue weighted by atomic mass is 9.79. The molecule has 2 heterocycles. The quantitative estimate of drug-likeness (QED) is 0.885. The number of rotatable bonds is 2. The number of hydrogen-bond acceptors (Lipinski definition) is 3. The van der Waals surface area contributed by atoms with Gasteiger partial charge in [-0.3, -0.25) is 9.59 Å². The van der Waals surface area contributed by atoms with E-state index in [9.17, 15) is 9.59 Å². The van der Waals surface area contributed by atoms with Crippen molar-refractivity contribution in [1.29, 1.82) is 0 Å². The maximum atomic E-state index is 12.8. The molecule has 4 nitrogen and oxygen atoms in total. The van der Waals surface area contributed by atoms with Crippen LogP contribution in [0.25, 0.3) is 0 Å². The molecule has 0 aromatic carbocycles. The summed E-state index contributed by atoms with van der Waals surface area (Å²) in [5, 5.41) is 4.97. The van der Waals surface area contributed by atoms with E-state index in [0.29, 0.717) is 6.54 Å². The highest BCUT2D eigenvalue weighted by atomic mass is 79.9. The molecule has 2 amide bonds. The van der Waals surface area contributed by atoms with E-state index in [1.807, 2.05) is 11.4 Å². The third-order valence-corrected chi connectivity index (χ3v) is 5.77. The molecular weight excluding hydrogens is 340 g/mol. The van der Waals surface area contributed by atoms with Gasteiger partial charge in [-0.25, -0.2) is 0 Å². The Balaban J connectivity index is 1.80. The molecule has 1 aliphatic carbocycles. The molecule has 1 saturated carbocycles. The highest BCUT2D eigenvalue weighted by Crippen LogP contribution is 2.33. The first kappa shape index (κ1) is 14.1. The zero-order valence-corrected chi connectivity index (χ0v) is 13.6. The molecule has 0 unspecified atom stereocenters. The normalized spacial score (nSPS) is 22.1. The highest BCUT2D eigenvalue weighted by Gasteiger charge is 2.46. The van der Waals surface area contributed by atoms with Gasteiger partial charge in [0.15, 0.2) is 0 Å². The van der Waals surface area contributed by atoms with Gasteiger partial charge in [-0.15, -0.1) is 11.3 Å². The van der Waals surface area contributed by atoms with Crippen molar-refractivity contribution < 1.29 is 9.59 Å². The summed E-state index contributed by atoms with van der Waals surface area (Å²) in [6.07, 6.45) is 4.75. The molecule has 0 radical (unpaired) electrons. The molecule has 108 valence electrons. The van der Waals surface area contributed by atoms with Crippen molar-refractivity contribution in [3.05, 3.63) is 20.8 Å². The van der Waals surface area contributed by atoms with Gasteiger partial charge in [0.2, 0.25) is 11.8 Å². The van der Waals surface area contributed by atoms with E-state index in [4.69, 9.17) is 0 Å². The Morgan fingerprint density at radius 2 is 2.05 bits per heavy atom. The number of nitrogens with one attached hydrogen (secondary N) is 1. The van der Waals surface area contributed by atoms with Gasteiger partial charge >= 0.3 is 0 Å². The van der Waals surface area contributed by atoms with E-state index in [-0.39, 0.29) is 18.4 Å². The minimum absolute atomic E-state index is 0.0258. The molecule has 2 fully saturated rings. The molecule has 0 atom stereocenters. The number of thiophene rings is 1. The van der Waals surface area contributed by atoms with Crippen molar-refractivity contribution in [2.24, 2.45) is 0 Å². The maximum absolute atomic E-state index is 12.8. The van der Waals surface area contributed by atoms with Gasteiger partial charge in [0.1, 0.15) is 12.1 Å². The molecule has 1 aromatic rings. The molecule has 0 bridgehead atoms. The predicted octanol–water partition coefficient (Wildman–Crippen LogP) is 2.67. The molecule has 1 aromatic heterocycles. The topological polar surface area (TPSA) is 49.4 Å². The summed E-state index contributed by atoms with van der Waals surface area (Å²) in [5.74, 6) is 0.0726. The second-order valence-electron chi connectivity index (χ2n) is 5.58. The standard InChI is InChI=1S/C14H17BrN2O2S/c15-10-6-11(20-9-10)7-17-8-12(18)16-14(13(17)19)4-2-1-3-5-14/h6,9H,1-5,7-8H2,(H,16,18). The van der Waals surface area contributed by atoms with Gasteiger partial charge in [0.25, 0.3) is 0 Å². The van der Waals surface area contributed by atoms with Crippen molar-refractivity contribution in [2.45, 2.75) is 44.2 Å². The number of piperazine rings is 1. The smallest absolute Gasteiger partial charge is 0.249 e. The number of carbonyl (C=O) groups is 2. The van der Waals surface area contributed by atoms with Gasteiger partial charge in [-0.1, -0.05) is 19.3 Å². The fourth-order valence-electron chi connectivity index (χ4n) is 3.15. The van der Waals surface area contributed by atoms with Crippen LogP contribution in [0.4, 0.5) is 0 Å². The molecular formula is C14H17BrN2O2S. The highest BCUT2D eigenvalue weighted by molar-refractivity contribution is 9.10. The molecule has 3 rings (SSSR count). The number of nitrogens with zero attached hydrogens (tertiary/aromatic N) is 1. The summed E-state index contributed by atoms with van der Waals surface area (Å²) >= 11 is 5.03. The summed E-state index contributed by atoms with van der Waals surface area (Å²) in [5.41, 5.74) is -0.623. The van der Waals surface area contributed by atoms with Crippen LogP contribution in [-0.2, 0) is 16.1 Å². The Bertz CT molecular complexity index is 537. The van der Waals surface area contributed by atoms with Gasteiger partial charge in [-0.2, -0.15) is 0 Å². The summed E-state index contributed by atoms with van der Waals surface area (Å²) < 4.78 is 1.03. The lowest BCUT2D eigenvalue weighted by Crippen LogP contribution is -2.66. The van der Waals surface area contributed by atoms with Crippen LogP contribution < -0.4 is 5.32 Å². The van der Waals surface area contributed by atoms with Crippen molar-refractivity contribution >= 4 is 39.1 Å². The lowest BCUT2D eigenvalue weighted by molar-refractivity contribution is -0.152. The average molecular weight is 357 g/mol. The first-order chi connectivity index (χ1) is 9.59. The Labute approximate surface area is 130 Å². The van der Waals surface area contributed by atoms with E-state index in [1.54, 1.807) is 16.2 Å². The van der Waals surface area contributed by atoms with E-state index in [1.165, 1.54) is 0 Å². The average Bonchev–Trinajstić information content (AvgIpc) is 2.82. The van der Waals surface area contributed by atoms with Crippen LogP contribution in [0.15, 0.2) is 15.9 Å². The number of halogens is 1. The van der Waals surface area contributed by atoms with Crippen LogP contribution in [-0.4, -0.2) is 28.8 Å². The summed E-state index contributed by atoms with van der Waals surface area (Å²) in [7, 11) is 0. The minimum atomic E-state index is -0.623. The maximum Gasteiger partial charge on any atom is 0.249 e. The zero-order chi connectivity index (χ0) is 14.2. The summed E-state index contributed by atoms with van der Waals surface area (Å²) in [4.78, 5) is 27.6. The van der Waals surface area contributed by atoms with Crippen LogP contribution in [0.3, 0.4) is 0 Å². The van der Waals surface area contributed by atoms with Crippen LogP contribution in [0.1, 0.15) is 37.0 Å². The second-order valence-corrected chi connectivity index (χ2v) is 7.49. The van der Waals surface area contributed by atoms with E-state index in [2.05, 4.69) is 21.2 Å². The zero-order valence-electron chi connectivity index (χ0n) is 11.2. The van der Waals surface area contributed by atoms with Gasteiger partial charge in [-0.05, 0) is 34.8 Å². The van der Waals surface area contributed by atoms with E-state index in [0.717, 1.165) is 41.5 Å². The predicted molar refractivity (Wildman–Crippen MR) is 81.4 cm³/mol. The Hall–Kier alpha value is -0.880. The SMILES string of the molecule is O=C1CN(Cc2cc(Br)cs2)C(=O)C2(CCCCC2)N1. The van der Waals surface area contributed by atoms with Gasteiger partial charge in [0, 0.05) is 14.7 Å². The lowest BCUT2D eigenvalue weighted by Gasteiger charge is -2.44. The van der Waals surface area contributed by atoms with Crippen molar-refractivity contribution in [1.82, 2.24) is 10.2 Å². The molecule has 1 N–H and O–H groups in total. The molecule has 2 aliphatic rings. The Morgan fingerprint density at radius 3 is 2.70 bits per heavy atom. The largest absolute Gasteiger partial charge is 0.340 e. The molecule has 1 saturated heterocycles. The third kappa shape index (κ3) is 2.63. The summed E-state index contributed by atoms with van der Waals surface area (Å²) in [6, 6.07) is 2.01. The first-order valence-corrected chi connectivity index (χ1v) is 8.60. The second kappa shape index (κ2) is 5.48. The third-order valence-electron chi connectivity index (χ3n) is 4.09. The molecule has 1 aliphatic heterocycles. The van der Waals surface area contributed by atoms with E-state index < -0.39 is 5.54 Å².